The van der Waals surface area contributed by atoms with E-state index in [0.717, 1.165) is 38.5 Å². The molecule has 1 rings (SSSR count). The molecule has 5 atom stereocenters. The van der Waals surface area contributed by atoms with Crippen LogP contribution in [-0.4, -0.2) is 57.8 Å². The van der Waals surface area contributed by atoms with E-state index < -0.39 is 18.3 Å². The highest BCUT2D eigenvalue weighted by Crippen LogP contribution is 2.36. The van der Waals surface area contributed by atoms with Gasteiger partial charge in [-0.15, -0.1) is 0 Å². The summed E-state index contributed by atoms with van der Waals surface area (Å²) >= 11 is 0. The maximum absolute atomic E-state index is 11.4. The van der Waals surface area contributed by atoms with Crippen LogP contribution in [0.5, 0.6) is 0 Å². The van der Waals surface area contributed by atoms with Gasteiger partial charge in [-0.1, -0.05) is 50.5 Å². The van der Waals surface area contributed by atoms with Crippen LogP contribution in [0.1, 0.15) is 64.7 Å². The van der Waals surface area contributed by atoms with Crippen LogP contribution in [0.2, 0.25) is 0 Å². The topological polar surface area (TPSA) is 110 Å². The number of nitrogens with one attached hydrogen (secondary N) is 1. The van der Waals surface area contributed by atoms with Crippen molar-refractivity contribution in [2.45, 2.75) is 83.0 Å². The highest BCUT2D eigenvalue weighted by Gasteiger charge is 2.39. The highest BCUT2D eigenvalue weighted by molar-refractivity contribution is 5.75. The van der Waals surface area contributed by atoms with Crippen molar-refractivity contribution in [3.05, 3.63) is 24.3 Å². The van der Waals surface area contributed by atoms with Crippen LogP contribution < -0.4 is 5.32 Å². The van der Waals surface area contributed by atoms with E-state index in [2.05, 4.69) is 12.2 Å². The van der Waals surface area contributed by atoms with Crippen molar-refractivity contribution < 1.29 is 25.2 Å². The van der Waals surface area contributed by atoms with Gasteiger partial charge in [0.05, 0.1) is 24.9 Å². The Morgan fingerprint density at radius 2 is 1.96 bits per heavy atom. The molecule has 1 aliphatic rings. The van der Waals surface area contributed by atoms with Gasteiger partial charge in [-0.25, -0.2) is 0 Å². The summed E-state index contributed by atoms with van der Waals surface area (Å²) < 4.78 is 0. The van der Waals surface area contributed by atoms with Gasteiger partial charge in [-0.05, 0) is 31.6 Å². The normalized spacial score (nSPS) is 26.3. The number of hydrogen-bond acceptors (Lipinski definition) is 5. The summed E-state index contributed by atoms with van der Waals surface area (Å²) in [7, 11) is 0. The molecule has 0 bridgehead atoms. The largest absolute Gasteiger partial charge is 0.395 e. The van der Waals surface area contributed by atoms with Crippen LogP contribution in [0.4, 0.5) is 0 Å². The minimum absolute atomic E-state index is 0.0490. The lowest BCUT2D eigenvalue weighted by Crippen LogP contribution is -2.25. The van der Waals surface area contributed by atoms with Crippen LogP contribution in [0.15, 0.2) is 24.3 Å². The molecule has 0 aromatic rings. The standard InChI is InChI=1S/C22H39NO5/c1-2-3-6-9-17(25)12-13-19-18(20(26)16-21(19)27)10-7-4-5-8-11-22(28)23-14-15-24/h4,7,12-13,17-21,24-27H,2-3,5-6,8-11,14-16H2,1H3,(H,23,28)/b7-4-,13-12+/t17-,18-,19-,20+,21+/m1/s1. The number of carbonyl (C=O) groups is 1. The van der Waals surface area contributed by atoms with E-state index in [9.17, 15) is 20.1 Å². The van der Waals surface area contributed by atoms with Gasteiger partial charge in [0.25, 0.3) is 0 Å². The van der Waals surface area contributed by atoms with Crippen molar-refractivity contribution in [2.24, 2.45) is 11.8 Å². The summed E-state index contributed by atoms with van der Waals surface area (Å²) in [4.78, 5) is 11.4. The number of hydrogen-bond donors (Lipinski definition) is 5. The molecule has 1 amide bonds. The quantitative estimate of drug-likeness (QED) is 0.228. The first-order valence-corrected chi connectivity index (χ1v) is 10.7. The average molecular weight is 398 g/mol. The molecule has 0 radical (unpaired) electrons. The highest BCUT2D eigenvalue weighted by atomic mass is 16.3. The SMILES string of the molecule is CCCCC[C@@H](O)/C=C/[C@@H]1[C@@H](C/C=C\CCCC(=O)NCCO)[C@@H](O)C[C@@H]1O. The predicted molar refractivity (Wildman–Crippen MR) is 111 cm³/mol. The van der Waals surface area contributed by atoms with Crippen molar-refractivity contribution in [3.63, 3.8) is 0 Å². The second-order valence-electron chi connectivity index (χ2n) is 7.73. The third-order valence-corrected chi connectivity index (χ3v) is 5.36. The van der Waals surface area contributed by atoms with Crippen molar-refractivity contribution in [2.75, 3.05) is 13.2 Å². The van der Waals surface area contributed by atoms with Crippen molar-refractivity contribution in [3.8, 4) is 0 Å². The molecular formula is C22H39NO5. The average Bonchev–Trinajstić information content (AvgIpc) is 2.94. The Balaban J connectivity index is 2.39. The van der Waals surface area contributed by atoms with E-state index in [0.29, 0.717) is 25.8 Å². The lowest BCUT2D eigenvalue weighted by molar-refractivity contribution is -0.121. The molecular weight excluding hydrogens is 358 g/mol. The molecule has 1 aliphatic carbocycles. The third-order valence-electron chi connectivity index (χ3n) is 5.36. The summed E-state index contributed by atoms with van der Waals surface area (Å²) in [5.41, 5.74) is 0. The van der Waals surface area contributed by atoms with Crippen molar-refractivity contribution >= 4 is 5.91 Å². The Morgan fingerprint density at radius 1 is 1.18 bits per heavy atom. The zero-order valence-electron chi connectivity index (χ0n) is 17.2. The maximum Gasteiger partial charge on any atom is 0.220 e. The van der Waals surface area contributed by atoms with Crippen LogP contribution >= 0.6 is 0 Å². The number of allylic oxidation sites excluding steroid dienone is 2. The molecule has 1 fully saturated rings. The molecule has 0 heterocycles. The van der Waals surface area contributed by atoms with E-state index in [-0.39, 0.29) is 24.3 Å². The second kappa shape index (κ2) is 14.7. The van der Waals surface area contributed by atoms with E-state index in [1.165, 1.54) is 0 Å². The Morgan fingerprint density at radius 3 is 2.68 bits per heavy atom. The first-order valence-electron chi connectivity index (χ1n) is 10.7. The molecule has 1 saturated carbocycles. The third kappa shape index (κ3) is 9.82. The summed E-state index contributed by atoms with van der Waals surface area (Å²) in [5.74, 6) is -0.262. The number of unbranched alkanes of at least 4 members (excludes halogenated alkanes) is 3. The lowest BCUT2D eigenvalue weighted by Gasteiger charge is -2.19. The van der Waals surface area contributed by atoms with Gasteiger partial charge < -0.3 is 25.7 Å². The van der Waals surface area contributed by atoms with Crippen LogP contribution in [-0.2, 0) is 4.79 Å². The maximum atomic E-state index is 11.4. The van der Waals surface area contributed by atoms with E-state index >= 15 is 0 Å². The summed E-state index contributed by atoms with van der Waals surface area (Å²) in [6.45, 7) is 2.37. The van der Waals surface area contributed by atoms with E-state index in [4.69, 9.17) is 5.11 Å². The lowest BCUT2D eigenvalue weighted by atomic mass is 9.89. The van der Waals surface area contributed by atoms with Gasteiger partial charge in [-0.2, -0.15) is 0 Å². The van der Waals surface area contributed by atoms with Gasteiger partial charge >= 0.3 is 0 Å². The first kappa shape index (κ1) is 24.8. The molecule has 0 saturated heterocycles. The number of rotatable bonds is 14. The summed E-state index contributed by atoms with van der Waals surface area (Å²) in [6, 6.07) is 0. The minimum atomic E-state index is -0.581. The fourth-order valence-electron chi connectivity index (χ4n) is 3.70. The van der Waals surface area contributed by atoms with E-state index in [1.54, 1.807) is 6.08 Å². The van der Waals surface area contributed by atoms with Crippen LogP contribution in [0, 0.1) is 11.8 Å². The molecule has 5 N–H and O–H groups in total. The van der Waals surface area contributed by atoms with Gasteiger partial charge in [0, 0.05) is 25.3 Å². The fraction of sp³-hybridized carbons (Fsp3) is 0.773. The molecule has 0 aromatic heterocycles. The Bertz CT molecular complexity index is 480. The molecule has 0 aliphatic heterocycles. The Hall–Kier alpha value is -1.21. The number of aliphatic hydroxyl groups excluding tert-OH is 4. The fourth-order valence-corrected chi connectivity index (χ4v) is 3.70. The molecule has 6 heteroatoms. The van der Waals surface area contributed by atoms with Gasteiger partial charge in [0.1, 0.15) is 0 Å². The minimum Gasteiger partial charge on any atom is -0.395 e. The molecule has 0 unspecified atom stereocenters. The monoisotopic (exact) mass is 397 g/mol. The number of carbonyl (C=O) groups excluding carboxylic acids is 1. The van der Waals surface area contributed by atoms with Gasteiger partial charge in [-0.3, -0.25) is 4.79 Å². The summed E-state index contributed by atoms with van der Waals surface area (Å²) in [5, 5.41) is 41.8. The van der Waals surface area contributed by atoms with Crippen molar-refractivity contribution in [1.29, 1.82) is 0 Å². The zero-order valence-corrected chi connectivity index (χ0v) is 17.2. The number of aliphatic hydroxyl groups is 4. The molecule has 6 nitrogen and oxygen atoms in total. The van der Waals surface area contributed by atoms with Gasteiger partial charge in [0.2, 0.25) is 5.91 Å². The first-order chi connectivity index (χ1) is 13.5. The Kier molecular flexibility index (Phi) is 13.1. The Labute approximate surface area is 169 Å². The van der Waals surface area contributed by atoms with Crippen LogP contribution in [0.25, 0.3) is 0 Å². The molecule has 0 aromatic carbocycles. The van der Waals surface area contributed by atoms with Crippen molar-refractivity contribution in [1.82, 2.24) is 5.32 Å². The van der Waals surface area contributed by atoms with Crippen LogP contribution in [0.3, 0.4) is 0 Å². The molecule has 0 spiro atoms. The van der Waals surface area contributed by atoms with Gasteiger partial charge in [0.15, 0.2) is 0 Å². The zero-order chi connectivity index (χ0) is 20.8. The molecule has 28 heavy (non-hydrogen) atoms. The van der Waals surface area contributed by atoms with E-state index in [1.807, 2.05) is 18.2 Å². The predicted octanol–water partition coefficient (Wildman–Crippen LogP) is 2.07. The summed E-state index contributed by atoms with van der Waals surface area (Å²) in [6.07, 6.45) is 12.9. The number of amides is 1. The molecule has 162 valence electrons. The smallest absolute Gasteiger partial charge is 0.220 e. The second-order valence-corrected chi connectivity index (χ2v) is 7.73.